The first kappa shape index (κ1) is 12.7. The first-order valence-electron chi connectivity index (χ1n) is 5.72. The summed E-state index contributed by atoms with van der Waals surface area (Å²) in [6.07, 6.45) is 3.68. The predicted molar refractivity (Wildman–Crippen MR) is 61.8 cm³/mol. The van der Waals surface area contributed by atoms with Gasteiger partial charge in [-0.3, -0.25) is 0 Å². The van der Waals surface area contributed by atoms with E-state index in [0.717, 1.165) is 12.8 Å². The number of ether oxygens (including phenoxy) is 1. The average Bonchev–Trinajstić information content (AvgIpc) is 2.63. The van der Waals surface area contributed by atoms with Crippen LogP contribution >= 0.6 is 0 Å². The van der Waals surface area contributed by atoms with Gasteiger partial charge in [-0.15, -0.1) is 6.58 Å². The van der Waals surface area contributed by atoms with Crippen molar-refractivity contribution in [3.63, 3.8) is 0 Å². The Labute approximate surface area is 92.5 Å². The lowest BCUT2D eigenvalue weighted by atomic mass is 9.98. The zero-order chi connectivity index (χ0) is 11.3. The van der Waals surface area contributed by atoms with E-state index in [1.807, 2.05) is 6.08 Å². The molecular formula is C12H23NO2. The maximum Gasteiger partial charge on any atom is 0.102 e. The lowest BCUT2D eigenvalue weighted by Gasteiger charge is -2.26. The van der Waals surface area contributed by atoms with Crippen molar-refractivity contribution in [2.75, 3.05) is 19.8 Å². The molecule has 3 atom stereocenters. The summed E-state index contributed by atoms with van der Waals surface area (Å²) in [5, 5.41) is 13.4. The summed E-state index contributed by atoms with van der Waals surface area (Å²) in [7, 11) is 0. The Hall–Kier alpha value is -0.380. The van der Waals surface area contributed by atoms with Crippen molar-refractivity contribution in [3.05, 3.63) is 12.7 Å². The van der Waals surface area contributed by atoms with Crippen molar-refractivity contribution in [1.29, 1.82) is 0 Å². The first-order valence-corrected chi connectivity index (χ1v) is 5.72. The van der Waals surface area contributed by atoms with Crippen LogP contribution in [-0.2, 0) is 4.74 Å². The van der Waals surface area contributed by atoms with Crippen LogP contribution in [0.3, 0.4) is 0 Å². The second kappa shape index (κ2) is 5.64. The van der Waals surface area contributed by atoms with Crippen LogP contribution in [0.25, 0.3) is 0 Å². The lowest BCUT2D eigenvalue weighted by molar-refractivity contribution is 0.0239. The molecule has 1 fully saturated rings. The molecule has 0 aromatic heterocycles. The number of rotatable bonds is 6. The Morgan fingerprint density at radius 2 is 2.33 bits per heavy atom. The van der Waals surface area contributed by atoms with Crippen molar-refractivity contribution in [2.24, 2.45) is 5.92 Å². The Kier molecular flexibility index (Phi) is 4.77. The highest BCUT2D eigenvalue weighted by atomic mass is 16.5. The second-order valence-corrected chi connectivity index (χ2v) is 4.70. The Morgan fingerprint density at radius 1 is 1.60 bits per heavy atom. The zero-order valence-corrected chi connectivity index (χ0v) is 9.83. The smallest absolute Gasteiger partial charge is 0.102 e. The molecule has 1 rings (SSSR count). The van der Waals surface area contributed by atoms with Gasteiger partial charge in [0.2, 0.25) is 0 Å². The van der Waals surface area contributed by atoms with E-state index in [9.17, 15) is 5.11 Å². The van der Waals surface area contributed by atoms with Crippen molar-refractivity contribution in [1.82, 2.24) is 5.32 Å². The number of hydrogen-bond donors (Lipinski definition) is 2. The van der Waals surface area contributed by atoms with Crippen LogP contribution < -0.4 is 5.32 Å². The van der Waals surface area contributed by atoms with Crippen LogP contribution in [0.4, 0.5) is 0 Å². The fourth-order valence-corrected chi connectivity index (χ4v) is 1.76. The van der Waals surface area contributed by atoms with Gasteiger partial charge >= 0.3 is 0 Å². The summed E-state index contributed by atoms with van der Waals surface area (Å²) in [6.45, 7) is 9.83. The average molecular weight is 213 g/mol. The molecule has 1 aliphatic heterocycles. The van der Waals surface area contributed by atoms with Gasteiger partial charge in [-0.25, -0.2) is 0 Å². The fraction of sp³-hybridized carbons (Fsp3) is 0.833. The van der Waals surface area contributed by atoms with Gasteiger partial charge in [-0.2, -0.15) is 0 Å². The summed E-state index contributed by atoms with van der Waals surface area (Å²) in [4.78, 5) is 0. The molecule has 15 heavy (non-hydrogen) atoms. The van der Waals surface area contributed by atoms with Crippen LogP contribution in [0.1, 0.15) is 26.7 Å². The van der Waals surface area contributed by atoms with Crippen molar-refractivity contribution < 1.29 is 9.84 Å². The van der Waals surface area contributed by atoms with E-state index < -0.39 is 5.60 Å². The predicted octanol–water partition coefficient (Wildman–Crippen LogP) is 1.33. The van der Waals surface area contributed by atoms with Gasteiger partial charge < -0.3 is 15.2 Å². The van der Waals surface area contributed by atoms with Crippen LogP contribution in [0, 0.1) is 5.92 Å². The standard InChI is InChI=1S/C12H23NO2/c1-4-5-10(2)11(3)13-8-12(14)6-7-15-9-12/h4,10-11,13-14H,1,5-9H2,2-3H3. The Balaban J connectivity index is 2.26. The third kappa shape index (κ3) is 3.93. The van der Waals surface area contributed by atoms with Crippen LogP contribution in [0.15, 0.2) is 12.7 Å². The van der Waals surface area contributed by atoms with Gasteiger partial charge in [0.15, 0.2) is 0 Å². The largest absolute Gasteiger partial charge is 0.386 e. The van der Waals surface area contributed by atoms with E-state index in [4.69, 9.17) is 4.74 Å². The van der Waals surface area contributed by atoms with Crippen molar-refractivity contribution in [2.45, 2.75) is 38.3 Å². The van der Waals surface area contributed by atoms with E-state index in [-0.39, 0.29) is 0 Å². The normalized spacial score (nSPS) is 30.1. The van der Waals surface area contributed by atoms with Crippen molar-refractivity contribution >= 4 is 0 Å². The fourth-order valence-electron chi connectivity index (χ4n) is 1.76. The highest BCUT2D eigenvalue weighted by molar-refractivity contribution is 4.87. The van der Waals surface area contributed by atoms with Crippen molar-refractivity contribution in [3.8, 4) is 0 Å². The molecule has 0 radical (unpaired) electrons. The summed E-state index contributed by atoms with van der Waals surface area (Å²) in [5.41, 5.74) is -0.651. The van der Waals surface area contributed by atoms with Crippen LogP contribution in [0.2, 0.25) is 0 Å². The molecule has 3 heteroatoms. The monoisotopic (exact) mass is 213 g/mol. The number of allylic oxidation sites excluding steroid dienone is 1. The zero-order valence-electron chi connectivity index (χ0n) is 9.83. The number of aliphatic hydroxyl groups is 1. The molecule has 0 saturated carbocycles. The van der Waals surface area contributed by atoms with Gasteiger partial charge in [0.05, 0.1) is 6.61 Å². The minimum atomic E-state index is -0.651. The molecule has 3 nitrogen and oxygen atoms in total. The summed E-state index contributed by atoms with van der Waals surface area (Å²) in [6, 6.07) is 0.396. The van der Waals surface area contributed by atoms with Gasteiger partial charge in [-0.1, -0.05) is 13.0 Å². The van der Waals surface area contributed by atoms with Crippen LogP contribution in [-0.4, -0.2) is 36.5 Å². The lowest BCUT2D eigenvalue weighted by Crippen LogP contribution is -2.45. The summed E-state index contributed by atoms with van der Waals surface area (Å²) < 4.78 is 5.19. The molecule has 0 spiro atoms. The van der Waals surface area contributed by atoms with Gasteiger partial charge in [0, 0.05) is 25.6 Å². The molecule has 1 heterocycles. The molecule has 1 aliphatic rings. The molecule has 0 aromatic carbocycles. The number of hydrogen-bond acceptors (Lipinski definition) is 3. The third-order valence-corrected chi connectivity index (χ3v) is 3.23. The van der Waals surface area contributed by atoms with E-state index >= 15 is 0 Å². The molecule has 3 unspecified atom stereocenters. The molecule has 0 aliphatic carbocycles. The highest BCUT2D eigenvalue weighted by Crippen LogP contribution is 2.18. The highest BCUT2D eigenvalue weighted by Gasteiger charge is 2.32. The molecule has 1 saturated heterocycles. The third-order valence-electron chi connectivity index (χ3n) is 3.23. The van der Waals surface area contributed by atoms with Gasteiger partial charge in [0.1, 0.15) is 5.60 Å². The summed E-state index contributed by atoms with van der Waals surface area (Å²) >= 11 is 0. The Bertz CT molecular complexity index is 200. The topological polar surface area (TPSA) is 41.5 Å². The molecule has 0 bridgehead atoms. The van der Waals surface area contributed by atoms with E-state index in [1.54, 1.807) is 0 Å². The second-order valence-electron chi connectivity index (χ2n) is 4.70. The first-order chi connectivity index (χ1) is 7.07. The number of nitrogens with one attached hydrogen (secondary N) is 1. The molecule has 88 valence electrons. The minimum absolute atomic E-state index is 0.396. The summed E-state index contributed by atoms with van der Waals surface area (Å²) in [5.74, 6) is 0.549. The molecule has 0 aromatic rings. The molecule has 2 N–H and O–H groups in total. The van der Waals surface area contributed by atoms with E-state index in [2.05, 4.69) is 25.7 Å². The quantitative estimate of drug-likeness (QED) is 0.654. The maximum atomic E-state index is 10.0. The maximum absolute atomic E-state index is 10.0. The molecular weight excluding hydrogens is 190 g/mol. The Morgan fingerprint density at radius 3 is 2.87 bits per heavy atom. The van der Waals surface area contributed by atoms with E-state index in [0.29, 0.717) is 31.7 Å². The van der Waals surface area contributed by atoms with E-state index in [1.165, 1.54) is 0 Å². The van der Waals surface area contributed by atoms with Gasteiger partial charge in [0.25, 0.3) is 0 Å². The minimum Gasteiger partial charge on any atom is -0.386 e. The SMILES string of the molecule is C=CCC(C)C(C)NCC1(O)CCOC1. The van der Waals surface area contributed by atoms with Crippen LogP contribution in [0.5, 0.6) is 0 Å². The van der Waals surface area contributed by atoms with Gasteiger partial charge in [-0.05, 0) is 19.3 Å². The molecule has 0 amide bonds.